The second kappa shape index (κ2) is 5.35. The summed E-state index contributed by atoms with van der Waals surface area (Å²) in [4.78, 5) is 17.6. The molecule has 1 aromatic heterocycles. The smallest absolute Gasteiger partial charge is 0.296 e. The minimum Gasteiger partial charge on any atom is -0.368 e. The molecule has 0 radical (unpaired) electrons. The van der Waals surface area contributed by atoms with E-state index in [9.17, 15) is 4.79 Å². The standard InChI is InChI=1S/C13H15N3O/c1-2-4-13(17)15-11-6-8-16(10-11)12-5-3-7-14-9-12/h3,5,7,9,11H,6,8,10H2,1H3,(H,15,17). The highest BCUT2D eigenvalue weighted by Crippen LogP contribution is 2.18. The zero-order chi connectivity index (χ0) is 12.1. The number of aromatic nitrogens is 1. The van der Waals surface area contributed by atoms with Gasteiger partial charge in [0.2, 0.25) is 0 Å². The molecule has 1 unspecified atom stereocenters. The number of amides is 1. The molecular formula is C13H15N3O. The molecule has 0 aromatic carbocycles. The number of rotatable bonds is 2. The third-order valence-electron chi connectivity index (χ3n) is 2.77. The summed E-state index contributed by atoms with van der Waals surface area (Å²) < 4.78 is 0. The van der Waals surface area contributed by atoms with E-state index in [1.165, 1.54) is 0 Å². The number of nitrogens with one attached hydrogen (secondary N) is 1. The second-order valence-electron chi connectivity index (χ2n) is 3.99. The largest absolute Gasteiger partial charge is 0.368 e. The Hall–Kier alpha value is -2.02. The van der Waals surface area contributed by atoms with Gasteiger partial charge in [0.05, 0.1) is 11.9 Å². The minimum absolute atomic E-state index is 0.184. The van der Waals surface area contributed by atoms with Gasteiger partial charge in [0, 0.05) is 25.3 Å². The van der Waals surface area contributed by atoms with Crippen molar-refractivity contribution in [1.82, 2.24) is 10.3 Å². The van der Waals surface area contributed by atoms with Gasteiger partial charge in [-0.1, -0.05) is 5.92 Å². The van der Waals surface area contributed by atoms with E-state index in [2.05, 4.69) is 27.0 Å². The summed E-state index contributed by atoms with van der Waals surface area (Å²) >= 11 is 0. The predicted octanol–water partition coefficient (Wildman–Crippen LogP) is 0.800. The molecule has 1 amide bonds. The highest BCUT2D eigenvalue weighted by molar-refractivity contribution is 5.93. The van der Waals surface area contributed by atoms with Crippen molar-refractivity contribution in [3.63, 3.8) is 0 Å². The van der Waals surface area contributed by atoms with E-state index in [1.54, 1.807) is 13.1 Å². The summed E-state index contributed by atoms with van der Waals surface area (Å²) in [5.41, 5.74) is 1.10. The zero-order valence-electron chi connectivity index (χ0n) is 9.81. The van der Waals surface area contributed by atoms with Gasteiger partial charge in [-0.2, -0.15) is 0 Å². The van der Waals surface area contributed by atoms with Gasteiger partial charge in [-0.25, -0.2) is 0 Å². The first-order valence-corrected chi connectivity index (χ1v) is 5.68. The van der Waals surface area contributed by atoms with Crippen LogP contribution < -0.4 is 10.2 Å². The van der Waals surface area contributed by atoms with Crippen molar-refractivity contribution in [2.45, 2.75) is 19.4 Å². The number of carbonyl (C=O) groups excluding carboxylic acids is 1. The van der Waals surface area contributed by atoms with Crippen molar-refractivity contribution in [1.29, 1.82) is 0 Å². The lowest BCUT2D eigenvalue weighted by Gasteiger charge is -2.17. The third kappa shape index (κ3) is 2.97. The molecule has 0 bridgehead atoms. The number of pyridine rings is 1. The quantitative estimate of drug-likeness (QED) is 0.763. The van der Waals surface area contributed by atoms with Crippen LogP contribution in [0.2, 0.25) is 0 Å². The molecule has 88 valence electrons. The Balaban J connectivity index is 1.91. The molecule has 0 saturated carbocycles. The zero-order valence-corrected chi connectivity index (χ0v) is 9.81. The lowest BCUT2D eigenvalue weighted by molar-refractivity contribution is -0.116. The van der Waals surface area contributed by atoms with E-state index in [-0.39, 0.29) is 11.9 Å². The Morgan fingerprint density at radius 2 is 2.53 bits per heavy atom. The maximum absolute atomic E-state index is 11.3. The van der Waals surface area contributed by atoms with E-state index in [1.807, 2.05) is 18.3 Å². The van der Waals surface area contributed by atoms with Crippen LogP contribution in [0.15, 0.2) is 24.5 Å². The van der Waals surface area contributed by atoms with Gasteiger partial charge in [0.1, 0.15) is 0 Å². The molecule has 4 nitrogen and oxygen atoms in total. The van der Waals surface area contributed by atoms with E-state index in [0.29, 0.717) is 0 Å². The van der Waals surface area contributed by atoms with Gasteiger partial charge in [-0.3, -0.25) is 9.78 Å². The van der Waals surface area contributed by atoms with Gasteiger partial charge in [-0.05, 0) is 31.4 Å². The molecule has 1 aromatic rings. The van der Waals surface area contributed by atoms with Crippen molar-refractivity contribution in [3.8, 4) is 11.8 Å². The fourth-order valence-corrected chi connectivity index (χ4v) is 1.99. The number of anilines is 1. The van der Waals surface area contributed by atoms with Crippen LogP contribution in [0.1, 0.15) is 13.3 Å². The van der Waals surface area contributed by atoms with Gasteiger partial charge < -0.3 is 10.2 Å². The van der Waals surface area contributed by atoms with Gasteiger partial charge in [0.15, 0.2) is 0 Å². The van der Waals surface area contributed by atoms with Gasteiger partial charge >= 0.3 is 0 Å². The Morgan fingerprint density at radius 3 is 3.24 bits per heavy atom. The molecule has 1 saturated heterocycles. The second-order valence-corrected chi connectivity index (χ2v) is 3.99. The lowest BCUT2D eigenvalue weighted by atomic mass is 10.2. The van der Waals surface area contributed by atoms with Crippen molar-refractivity contribution >= 4 is 11.6 Å². The average molecular weight is 229 g/mol. The van der Waals surface area contributed by atoms with E-state index < -0.39 is 0 Å². The molecule has 1 fully saturated rings. The molecule has 1 aliphatic rings. The first-order valence-electron chi connectivity index (χ1n) is 5.68. The Morgan fingerprint density at radius 1 is 1.65 bits per heavy atom. The first kappa shape index (κ1) is 11.5. The van der Waals surface area contributed by atoms with Crippen LogP contribution in [0, 0.1) is 11.8 Å². The molecule has 0 aliphatic carbocycles. The fourth-order valence-electron chi connectivity index (χ4n) is 1.99. The molecule has 1 aliphatic heterocycles. The van der Waals surface area contributed by atoms with Crippen molar-refractivity contribution in [3.05, 3.63) is 24.5 Å². The summed E-state index contributed by atoms with van der Waals surface area (Å²) in [7, 11) is 0. The van der Waals surface area contributed by atoms with Crippen molar-refractivity contribution < 1.29 is 4.79 Å². The number of hydrogen-bond acceptors (Lipinski definition) is 3. The highest BCUT2D eigenvalue weighted by Gasteiger charge is 2.23. The van der Waals surface area contributed by atoms with E-state index in [4.69, 9.17) is 0 Å². The van der Waals surface area contributed by atoms with Crippen molar-refractivity contribution in [2.75, 3.05) is 18.0 Å². The molecule has 1 atom stereocenters. The molecule has 0 spiro atoms. The number of hydrogen-bond donors (Lipinski definition) is 1. The van der Waals surface area contributed by atoms with Crippen molar-refractivity contribution in [2.24, 2.45) is 0 Å². The van der Waals surface area contributed by atoms with Crippen LogP contribution in [0.3, 0.4) is 0 Å². The molecule has 4 heteroatoms. The van der Waals surface area contributed by atoms with Crippen LogP contribution in [0.4, 0.5) is 5.69 Å². The van der Waals surface area contributed by atoms with Crippen LogP contribution in [0.25, 0.3) is 0 Å². The van der Waals surface area contributed by atoms with Crippen LogP contribution in [-0.4, -0.2) is 30.0 Å². The minimum atomic E-state index is -0.189. The van der Waals surface area contributed by atoms with E-state index in [0.717, 1.165) is 25.2 Å². The summed E-state index contributed by atoms with van der Waals surface area (Å²) in [6, 6.07) is 4.14. The Labute approximate surface area is 101 Å². The number of carbonyl (C=O) groups is 1. The Bertz CT molecular complexity index is 447. The highest BCUT2D eigenvalue weighted by atomic mass is 16.1. The summed E-state index contributed by atoms with van der Waals surface area (Å²) in [5.74, 6) is 4.91. The molecule has 17 heavy (non-hydrogen) atoms. The maximum Gasteiger partial charge on any atom is 0.296 e. The SMILES string of the molecule is CC#CC(=O)NC1CCN(c2cccnc2)C1. The molecule has 2 rings (SSSR count). The lowest BCUT2D eigenvalue weighted by Crippen LogP contribution is -2.36. The summed E-state index contributed by atoms with van der Waals surface area (Å²) in [5, 5.41) is 2.90. The molecular weight excluding hydrogens is 214 g/mol. The molecule has 2 heterocycles. The summed E-state index contributed by atoms with van der Waals surface area (Å²) in [6.45, 7) is 3.43. The summed E-state index contributed by atoms with van der Waals surface area (Å²) in [6.07, 6.45) is 4.55. The van der Waals surface area contributed by atoms with Gasteiger partial charge in [0.25, 0.3) is 5.91 Å². The maximum atomic E-state index is 11.3. The van der Waals surface area contributed by atoms with Gasteiger partial charge in [-0.15, -0.1) is 0 Å². The number of nitrogens with zero attached hydrogens (tertiary/aromatic N) is 2. The third-order valence-corrected chi connectivity index (χ3v) is 2.77. The topological polar surface area (TPSA) is 45.2 Å². The normalized spacial score (nSPS) is 18.4. The van der Waals surface area contributed by atoms with Crippen LogP contribution in [-0.2, 0) is 4.79 Å². The fraction of sp³-hybridized carbons (Fsp3) is 0.385. The molecule has 1 N–H and O–H groups in total. The van der Waals surface area contributed by atoms with Crippen LogP contribution in [0.5, 0.6) is 0 Å². The first-order chi connectivity index (χ1) is 8.29. The predicted molar refractivity (Wildman–Crippen MR) is 66.4 cm³/mol. The average Bonchev–Trinajstić information content (AvgIpc) is 2.79. The Kier molecular flexibility index (Phi) is 3.61. The monoisotopic (exact) mass is 229 g/mol. The van der Waals surface area contributed by atoms with E-state index >= 15 is 0 Å². The van der Waals surface area contributed by atoms with Crippen LogP contribution >= 0.6 is 0 Å².